The number of halogens is 3. The van der Waals surface area contributed by atoms with Crippen LogP contribution in [0.2, 0.25) is 0 Å². The number of hydrogen-bond donors (Lipinski definition) is 0. The Morgan fingerprint density at radius 3 is 2.42 bits per heavy atom. The first kappa shape index (κ1) is 14.0. The molecular formula is C15H13BrF2O. The fraction of sp³-hybridized carbons (Fsp3) is 0.200. The molecule has 19 heavy (non-hydrogen) atoms. The molecule has 1 atom stereocenters. The lowest BCUT2D eigenvalue weighted by molar-refractivity contribution is 0.283. The van der Waals surface area contributed by atoms with Crippen molar-refractivity contribution < 1.29 is 13.5 Å². The smallest absolute Gasteiger partial charge is 0.167 e. The zero-order valence-electron chi connectivity index (χ0n) is 10.2. The first-order valence-corrected chi connectivity index (χ1v) is 7.01. The Kier molecular flexibility index (Phi) is 4.91. The van der Waals surface area contributed by atoms with Gasteiger partial charge in [-0.2, -0.15) is 0 Å². The molecule has 0 saturated heterocycles. The van der Waals surface area contributed by atoms with E-state index in [1.165, 1.54) is 12.1 Å². The zero-order chi connectivity index (χ0) is 13.7. The van der Waals surface area contributed by atoms with Crippen molar-refractivity contribution in [2.45, 2.75) is 5.92 Å². The second-order valence-electron chi connectivity index (χ2n) is 4.15. The van der Waals surface area contributed by atoms with Crippen molar-refractivity contribution in [2.24, 2.45) is 0 Å². The topological polar surface area (TPSA) is 9.23 Å². The molecule has 2 aromatic rings. The van der Waals surface area contributed by atoms with Gasteiger partial charge in [0, 0.05) is 17.3 Å². The van der Waals surface area contributed by atoms with Crippen LogP contribution in [0.25, 0.3) is 0 Å². The third-order valence-corrected chi connectivity index (χ3v) is 3.57. The van der Waals surface area contributed by atoms with Gasteiger partial charge in [0.25, 0.3) is 0 Å². The van der Waals surface area contributed by atoms with Crippen LogP contribution in [0.1, 0.15) is 11.5 Å². The van der Waals surface area contributed by atoms with Crippen LogP contribution in [0.15, 0.2) is 48.5 Å². The van der Waals surface area contributed by atoms with Gasteiger partial charge in [-0.25, -0.2) is 8.78 Å². The molecule has 0 saturated carbocycles. The van der Waals surface area contributed by atoms with Crippen LogP contribution in [-0.4, -0.2) is 11.9 Å². The van der Waals surface area contributed by atoms with Crippen LogP contribution in [0.3, 0.4) is 0 Å². The minimum Gasteiger partial charge on any atom is -0.490 e. The fourth-order valence-corrected chi connectivity index (χ4v) is 2.30. The minimum atomic E-state index is -0.679. The molecule has 0 aliphatic heterocycles. The summed E-state index contributed by atoms with van der Waals surface area (Å²) in [6, 6.07) is 13.1. The molecule has 0 heterocycles. The molecule has 2 rings (SSSR count). The van der Waals surface area contributed by atoms with Crippen LogP contribution in [0, 0.1) is 11.6 Å². The van der Waals surface area contributed by atoms with E-state index in [0.29, 0.717) is 11.9 Å². The molecule has 0 aromatic heterocycles. The SMILES string of the molecule is Fc1ccc(OCC(CBr)c2ccccc2)c(F)c1. The Hall–Kier alpha value is -1.42. The molecule has 2 aromatic carbocycles. The first-order valence-electron chi connectivity index (χ1n) is 5.89. The van der Waals surface area contributed by atoms with Crippen LogP contribution >= 0.6 is 15.9 Å². The molecule has 4 heteroatoms. The van der Waals surface area contributed by atoms with Gasteiger partial charge < -0.3 is 4.74 Å². The Morgan fingerprint density at radius 2 is 1.79 bits per heavy atom. The lowest BCUT2D eigenvalue weighted by atomic mass is 10.0. The maximum Gasteiger partial charge on any atom is 0.167 e. The molecule has 100 valence electrons. The average Bonchev–Trinajstić information content (AvgIpc) is 2.43. The van der Waals surface area contributed by atoms with Gasteiger partial charge in [-0.15, -0.1) is 0 Å². The molecule has 0 bridgehead atoms. The highest BCUT2D eigenvalue weighted by Gasteiger charge is 2.12. The van der Waals surface area contributed by atoms with E-state index in [1.54, 1.807) is 0 Å². The largest absolute Gasteiger partial charge is 0.490 e. The van der Waals surface area contributed by atoms with Crippen LogP contribution < -0.4 is 4.74 Å². The summed E-state index contributed by atoms with van der Waals surface area (Å²) in [7, 11) is 0. The van der Waals surface area contributed by atoms with E-state index in [0.717, 1.165) is 11.6 Å². The predicted octanol–water partition coefficient (Wildman–Crippen LogP) is 4.52. The fourth-order valence-electron chi connectivity index (χ4n) is 1.74. The van der Waals surface area contributed by atoms with Crippen molar-refractivity contribution in [3.05, 3.63) is 65.7 Å². The monoisotopic (exact) mass is 326 g/mol. The van der Waals surface area contributed by atoms with E-state index in [-0.39, 0.29) is 11.7 Å². The highest BCUT2D eigenvalue weighted by atomic mass is 79.9. The van der Waals surface area contributed by atoms with Crippen molar-refractivity contribution in [3.63, 3.8) is 0 Å². The van der Waals surface area contributed by atoms with E-state index in [9.17, 15) is 8.78 Å². The zero-order valence-corrected chi connectivity index (χ0v) is 11.7. The Bertz CT molecular complexity index is 531. The molecule has 1 nitrogen and oxygen atoms in total. The Labute approximate surface area is 119 Å². The molecule has 0 N–H and O–H groups in total. The summed E-state index contributed by atoms with van der Waals surface area (Å²) in [5.74, 6) is -1.10. The van der Waals surface area contributed by atoms with E-state index in [1.807, 2.05) is 30.3 Å². The predicted molar refractivity (Wildman–Crippen MR) is 74.8 cm³/mol. The molecule has 1 unspecified atom stereocenters. The van der Waals surface area contributed by atoms with Crippen LogP contribution in [0.4, 0.5) is 8.78 Å². The summed E-state index contributed by atoms with van der Waals surface area (Å²) in [4.78, 5) is 0. The third-order valence-electron chi connectivity index (χ3n) is 2.79. The van der Waals surface area contributed by atoms with Crippen molar-refractivity contribution in [2.75, 3.05) is 11.9 Å². The summed E-state index contributed by atoms with van der Waals surface area (Å²) in [6.45, 7) is 0.331. The number of hydrogen-bond acceptors (Lipinski definition) is 1. The summed E-state index contributed by atoms with van der Waals surface area (Å²) < 4.78 is 31.6. The lowest BCUT2D eigenvalue weighted by Crippen LogP contribution is -2.12. The third kappa shape index (κ3) is 3.77. The molecule has 0 aliphatic carbocycles. The van der Waals surface area contributed by atoms with E-state index in [4.69, 9.17) is 4.74 Å². The number of ether oxygens (including phenoxy) is 1. The molecule has 0 amide bonds. The van der Waals surface area contributed by atoms with Gasteiger partial charge in [-0.3, -0.25) is 0 Å². The van der Waals surface area contributed by atoms with Crippen molar-refractivity contribution in [3.8, 4) is 5.75 Å². The molecule has 0 fully saturated rings. The van der Waals surface area contributed by atoms with E-state index < -0.39 is 11.6 Å². The van der Waals surface area contributed by atoms with Crippen LogP contribution in [-0.2, 0) is 0 Å². The van der Waals surface area contributed by atoms with Gasteiger partial charge in [0.2, 0.25) is 0 Å². The molecule has 0 spiro atoms. The summed E-state index contributed by atoms with van der Waals surface area (Å²) in [5, 5.41) is 0.708. The second-order valence-corrected chi connectivity index (χ2v) is 4.80. The van der Waals surface area contributed by atoms with Crippen molar-refractivity contribution in [1.29, 1.82) is 0 Å². The number of alkyl halides is 1. The van der Waals surface area contributed by atoms with Gasteiger partial charge in [0.05, 0.1) is 6.61 Å². The average molecular weight is 327 g/mol. The summed E-state index contributed by atoms with van der Waals surface area (Å²) in [5.41, 5.74) is 1.11. The standard InChI is InChI=1S/C15H13BrF2O/c16-9-12(11-4-2-1-3-5-11)10-19-15-7-6-13(17)8-14(15)18/h1-8,12H,9-10H2. The maximum absolute atomic E-state index is 13.4. The quantitative estimate of drug-likeness (QED) is 0.734. The lowest BCUT2D eigenvalue weighted by Gasteiger charge is -2.16. The number of rotatable bonds is 5. The Balaban J connectivity index is 2.04. The number of benzene rings is 2. The van der Waals surface area contributed by atoms with Gasteiger partial charge in [0.1, 0.15) is 5.82 Å². The summed E-state index contributed by atoms with van der Waals surface area (Å²) in [6.07, 6.45) is 0. The normalized spacial score (nSPS) is 12.2. The molecular weight excluding hydrogens is 314 g/mol. The highest BCUT2D eigenvalue weighted by Crippen LogP contribution is 2.22. The van der Waals surface area contributed by atoms with Gasteiger partial charge in [-0.1, -0.05) is 46.3 Å². The van der Waals surface area contributed by atoms with Crippen molar-refractivity contribution in [1.82, 2.24) is 0 Å². The Morgan fingerprint density at radius 1 is 1.05 bits per heavy atom. The van der Waals surface area contributed by atoms with Crippen molar-refractivity contribution >= 4 is 15.9 Å². The second kappa shape index (κ2) is 6.66. The molecule has 0 radical (unpaired) electrons. The van der Waals surface area contributed by atoms with Gasteiger partial charge in [-0.05, 0) is 17.7 Å². The first-order chi connectivity index (χ1) is 9.20. The van der Waals surface area contributed by atoms with Crippen LogP contribution in [0.5, 0.6) is 5.75 Å². The van der Waals surface area contributed by atoms with Gasteiger partial charge in [0.15, 0.2) is 11.6 Å². The van der Waals surface area contributed by atoms with E-state index >= 15 is 0 Å². The summed E-state index contributed by atoms with van der Waals surface area (Å²) >= 11 is 3.42. The minimum absolute atomic E-state index is 0.0725. The highest BCUT2D eigenvalue weighted by molar-refractivity contribution is 9.09. The van der Waals surface area contributed by atoms with Gasteiger partial charge >= 0.3 is 0 Å². The maximum atomic E-state index is 13.4. The van der Waals surface area contributed by atoms with E-state index in [2.05, 4.69) is 15.9 Å². The molecule has 0 aliphatic rings.